The molecule has 19 heavy (non-hydrogen) atoms. The van der Waals surface area contributed by atoms with Gasteiger partial charge >= 0.3 is 0 Å². The van der Waals surface area contributed by atoms with Crippen LogP contribution in [-0.2, 0) is 4.79 Å². The van der Waals surface area contributed by atoms with Crippen LogP contribution in [0.15, 0.2) is 30.6 Å². The average molecular weight is 256 g/mol. The molecular weight excluding hydrogens is 240 g/mol. The van der Waals surface area contributed by atoms with E-state index in [9.17, 15) is 4.79 Å². The van der Waals surface area contributed by atoms with Gasteiger partial charge in [0.1, 0.15) is 0 Å². The van der Waals surface area contributed by atoms with Crippen LogP contribution < -0.4 is 10.6 Å². The number of likely N-dealkylation sites (N-methyl/N-ethyl adjacent to an activating group) is 1. The SMILES string of the molecule is CN1CCN(c2ccc3cnccc3c2N)CC1=O. The predicted octanol–water partition coefficient (Wildman–Crippen LogP) is 1.10. The van der Waals surface area contributed by atoms with Gasteiger partial charge in [0.2, 0.25) is 5.91 Å². The number of benzene rings is 1. The van der Waals surface area contributed by atoms with Crippen molar-refractivity contribution in [3.8, 4) is 0 Å². The van der Waals surface area contributed by atoms with Crippen molar-refractivity contribution < 1.29 is 4.79 Å². The minimum atomic E-state index is 0.125. The van der Waals surface area contributed by atoms with Crippen LogP contribution in [0.25, 0.3) is 10.8 Å². The smallest absolute Gasteiger partial charge is 0.241 e. The number of hydrogen-bond donors (Lipinski definition) is 1. The summed E-state index contributed by atoms with van der Waals surface area (Å²) >= 11 is 0. The molecule has 1 aromatic heterocycles. The van der Waals surface area contributed by atoms with Gasteiger partial charge in [-0.05, 0) is 12.1 Å². The highest BCUT2D eigenvalue weighted by atomic mass is 16.2. The molecule has 2 aromatic rings. The van der Waals surface area contributed by atoms with Gasteiger partial charge in [-0.15, -0.1) is 0 Å². The van der Waals surface area contributed by atoms with E-state index in [1.165, 1.54) is 0 Å². The van der Waals surface area contributed by atoms with Crippen molar-refractivity contribution in [3.63, 3.8) is 0 Å². The van der Waals surface area contributed by atoms with E-state index in [2.05, 4.69) is 4.98 Å². The largest absolute Gasteiger partial charge is 0.397 e. The van der Waals surface area contributed by atoms with Gasteiger partial charge in [-0.2, -0.15) is 0 Å². The number of nitrogens with two attached hydrogens (primary N) is 1. The first-order valence-corrected chi connectivity index (χ1v) is 6.28. The molecule has 0 aliphatic carbocycles. The van der Waals surface area contributed by atoms with Crippen LogP contribution in [0.3, 0.4) is 0 Å². The topological polar surface area (TPSA) is 62.5 Å². The molecule has 0 unspecified atom stereocenters. The lowest BCUT2D eigenvalue weighted by atomic mass is 10.1. The Kier molecular flexibility index (Phi) is 2.74. The zero-order valence-corrected chi connectivity index (χ0v) is 10.8. The third-order valence-corrected chi connectivity index (χ3v) is 3.64. The first-order chi connectivity index (χ1) is 9.16. The highest BCUT2D eigenvalue weighted by molar-refractivity contribution is 5.99. The molecule has 2 heterocycles. The number of rotatable bonds is 1. The summed E-state index contributed by atoms with van der Waals surface area (Å²) in [5.41, 5.74) is 7.89. The molecule has 0 radical (unpaired) electrons. The number of piperazine rings is 1. The number of aromatic nitrogens is 1. The van der Waals surface area contributed by atoms with E-state index in [1.54, 1.807) is 17.3 Å². The molecule has 5 nitrogen and oxygen atoms in total. The Labute approximate surface area is 111 Å². The number of amides is 1. The number of hydrogen-bond acceptors (Lipinski definition) is 4. The van der Waals surface area contributed by atoms with E-state index in [1.807, 2.05) is 30.1 Å². The van der Waals surface area contributed by atoms with Gasteiger partial charge in [-0.3, -0.25) is 9.78 Å². The Morgan fingerprint density at radius 3 is 2.89 bits per heavy atom. The van der Waals surface area contributed by atoms with Gasteiger partial charge < -0.3 is 15.5 Å². The number of fused-ring (bicyclic) bond motifs is 1. The molecule has 0 saturated carbocycles. The third kappa shape index (κ3) is 1.97. The molecule has 0 bridgehead atoms. The van der Waals surface area contributed by atoms with E-state index in [0.29, 0.717) is 6.54 Å². The van der Waals surface area contributed by atoms with Crippen molar-refractivity contribution in [3.05, 3.63) is 30.6 Å². The highest BCUT2D eigenvalue weighted by Gasteiger charge is 2.22. The lowest BCUT2D eigenvalue weighted by molar-refractivity contribution is -0.129. The van der Waals surface area contributed by atoms with Crippen LogP contribution >= 0.6 is 0 Å². The van der Waals surface area contributed by atoms with Crippen molar-refractivity contribution in [2.75, 3.05) is 37.3 Å². The van der Waals surface area contributed by atoms with Crippen molar-refractivity contribution in [1.29, 1.82) is 0 Å². The Morgan fingerprint density at radius 1 is 1.26 bits per heavy atom. The van der Waals surface area contributed by atoms with Gasteiger partial charge in [0.05, 0.1) is 17.9 Å². The monoisotopic (exact) mass is 256 g/mol. The molecule has 1 aromatic carbocycles. The first kappa shape index (κ1) is 11.8. The van der Waals surface area contributed by atoms with E-state index >= 15 is 0 Å². The van der Waals surface area contributed by atoms with Crippen LogP contribution in [0.1, 0.15) is 0 Å². The molecule has 1 aliphatic heterocycles. The number of carbonyl (C=O) groups excluding carboxylic acids is 1. The lowest BCUT2D eigenvalue weighted by Gasteiger charge is -2.34. The van der Waals surface area contributed by atoms with Gasteiger partial charge in [0, 0.05) is 43.3 Å². The maximum absolute atomic E-state index is 11.8. The Balaban J connectivity index is 2.01. The van der Waals surface area contributed by atoms with Crippen molar-refractivity contribution >= 4 is 28.1 Å². The van der Waals surface area contributed by atoms with Crippen LogP contribution in [0, 0.1) is 0 Å². The molecule has 5 heteroatoms. The summed E-state index contributed by atoms with van der Waals surface area (Å²) in [5.74, 6) is 0.125. The fourth-order valence-electron chi connectivity index (χ4n) is 2.42. The molecule has 3 rings (SSSR count). The fraction of sp³-hybridized carbons (Fsp3) is 0.286. The summed E-state index contributed by atoms with van der Waals surface area (Å²) in [6.07, 6.45) is 3.53. The average Bonchev–Trinajstić information content (AvgIpc) is 2.43. The Bertz CT molecular complexity index is 640. The Morgan fingerprint density at radius 2 is 2.11 bits per heavy atom. The Hall–Kier alpha value is -2.30. The summed E-state index contributed by atoms with van der Waals surface area (Å²) in [5, 5.41) is 2.00. The van der Waals surface area contributed by atoms with Gasteiger partial charge in [-0.1, -0.05) is 6.07 Å². The zero-order chi connectivity index (χ0) is 13.4. The van der Waals surface area contributed by atoms with Crippen molar-refractivity contribution in [1.82, 2.24) is 9.88 Å². The van der Waals surface area contributed by atoms with Crippen LogP contribution in [0.4, 0.5) is 11.4 Å². The number of anilines is 2. The van der Waals surface area contributed by atoms with E-state index in [4.69, 9.17) is 5.73 Å². The fourth-order valence-corrected chi connectivity index (χ4v) is 2.42. The van der Waals surface area contributed by atoms with Crippen LogP contribution in [-0.4, -0.2) is 42.5 Å². The summed E-state index contributed by atoms with van der Waals surface area (Å²) < 4.78 is 0. The summed E-state index contributed by atoms with van der Waals surface area (Å²) in [4.78, 5) is 19.7. The summed E-state index contributed by atoms with van der Waals surface area (Å²) in [6.45, 7) is 1.92. The molecule has 1 amide bonds. The molecular formula is C14H16N4O. The number of pyridine rings is 1. The van der Waals surface area contributed by atoms with Crippen molar-refractivity contribution in [2.24, 2.45) is 0 Å². The van der Waals surface area contributed by atoms with E-state index in [-0.39, 0.29) is 5.91 Å². The molecule has 98 valence electrons. The van der Waals surface area contributed by atoms with Gasteiger partial charge in [0.25, 0.3) is 0 Å². The minimum absolute atomic E-state index is 0.125. The van der Waals surface area contributed by atoms with E-state index < -0.39 is 0 Å². The van der Waals surface area contributed by atoms with Crippen LogP contribution in [0.5, 0.6) is 0 Å². The van der Waals surface area contributed by atoms with Crippen molar-refractivity contribution in [2.45, 2.75) is 0 Å². The second-order valence-corrected chi connectivity index (χ2v) is 4.83. The second-order valence-electron chi connectivity index (χ2n) is 4.83. The minimum Gasteiger partial charge on any atom is -0.397 e. The molecule has 0 atom stereocenters. The number of nitrogens with zero attached hydrogens (tertiary/aromatic N) is 3. The first-order valence-electron chi connectivity index (χ1n) is 6.28. The maximum atomic E-state index is 11.8. The number of nitrogen functional groups attached to an aromatic ring is 1. The molecule has 1 aliphatic rings. The van der Waals surface area contributed by atoms with Crippen LogP contribution in [0.2, 0.25) is 0 Å². The molecule has 0 spiro atoms. The summed E-state index contributed by atoms with van der Waals surface area (Å²) in [6, 6.07) is 5.88. The van der Waals surface area contributed by atoms with Gasteiger partial charge in [0.15, 0.2) is 0 Å². The molecule has 1 saturated heterocycles. The predicted molar refractivity (Wildman–Crippen MR) is 76.0 cm³/mol. The molecule has 1 fully saturated rings. The third-order valence-electron chi connectivity index (χ3n) is 3.64. The maximum Gasteiger partial charge on any atom is 0.241 e. The zero-order valence-electron chi connectivity index (χ0n) is 10.8. The van der Waals surface area contributed by atoms with E-state index in [0.717, 1.165) is 35.2 Å². The lowest BCUT2D eigenvalue weighted by Crippen LogP contribution is -2.48. The number of carbonyl (C=O) groups is 1. The van der Waals surface area contributed by atoms with Gasteiger partial charge in [-0.25, -0.2) is 0 Å². The second kappa shape index (κ2) is 4.42. The summed E-state index contributed by atoms with van der Waals surface area (Å²) in [7, 11) is 1.83. The standard InChI is InChI=1S/C14H16N4O/c1-17-6-7-18(9-13(17)19)12-3-2-10-8-16-5-4-11(10)14(12)15/h2-5,8H,6-7,9,15H2,1H3. The highest BCUT2D eigenvalue weighted by Crippen LogP contribution is 2.31. The quantitative estimate of drug-likeness (QED) is 0.776. The molecule has 2 N–H and O–H groups in total. The normalized spacial score (nSPS) is 16.2.